The number of nitrogens with one attached hydrogen (secondary N) is 1. The van der Waals surface area contributed by atoms with E-state index in [9.17, 15) is 9.59 Å². The Bertz CT molecular complexity index is 795. The molecule has 0 saturated heterocycles. The molecule has 1 aliphatic heterocycles. The van der Waals surface area contributed by atoms with Crippen LogP contribution in [0.25, 0.3) is 0 Å². The summed E-state index contributed by atoms with van der Waals surface area (Å²) >= 11 is 1.12. The van der Waals surface area contributed by atoms with E-state index in [1.165, 1.54) is 0 Å². The van der Waals surface area contributed by atoms with Crippen molar-refractivity contribution in [1.29, 1.82) is 0 Å². The van der Waals surface area contributed by atoms with Crippen LogP contribution in [0, 0.1) is 6.92 Å². The number of aromatic nitrogens is 1. The van der Waals surface area contributed by atoms with E-state index in [4.69, 9.17) is 4.74 Å². The molecule has 1 aromatic heterocycles. The number of esters is 1. The molecule has 22 heavy (non-hydrogen) atoms. The van der Waals surface area contributed by atoms with Crippen LogP contribution in [0.3, 0.4) is 0 Å². The number of aliphatic imine (C=N–C) groups is 1. The number of para-hydroxylation sites is 1. The highest BCUT2D eigenvalue weighted by Crippen LogP contribution is 2.29. The molecule has 0 fully saturated rings. The van der Waals surface area contributed by atoms with Gasteiger partial charge in [0.2, 0.25) is 5.13 Å². The van der Waals surface area contributed by atoms with Gasteiger partial charge in [0.1, 0.15) is 10.6 Å². The third-order valence-electron chi connectivity index (χ3n) is 3.10. The lowest BCUT2D eigenvalue weighted by atomic mass is 10.1. The Morgan fingerprint density at radius 1 is 1.41 bits per heavy atom. The molecule has 0 radical (unpaired) electrons. The number of thiazole rings is 1. The SMILES string of the molecule is CCOC(=O)c1sc(N=C2C(=O)Nc3ccccc32)nc1C. The van der Waals surface area contributed by atoms with Gasteiger partial charge in [0.05, 0.1) is 18.0 Å². The van der Waals surface area contributed by atoms with Crippen molar-refractivity contribution in [1.82, 2.24) is 4.98 Å². The first-order valence-electron chi connectivity index (χ1n) is 6.74. The molecule has 3 rings (SSSR count). The first kappa shape index (κ1) is 14.4. The van der Waals surface area contributed by atoms with Gasteiger partial charge in [-0.15, -0.1) is 0 Å². The second-order valence-electron chi connectivity index (χ2n) is 4.59. The number of hydrogen-bond donors (Lipinski definition) is 1. The largest absolute Gasteiger partial charge is 0.462 e. The number of aryl methyl sites for hydroxylation is 1. The predicted molar refractivity (Wildman–Crippen MR) is 84.1 cm³/mol. The lowest BCUT2D eigenvalue weighted by molar-refractivity contribution is -0.110. The van der Waals surface area contributed by atoms with Crippen molar-refractivity contribution < 1.29 is 14.3 Å². The van der Waals surface area contributed by atoms with E-state index in [2.05, 4.69) is 15.3 Å². The average molecular weight is 315 g/mol. The van der Waals surface area contributed by atoms with E-state index in [0.29, 0.717) is 28.0 Å². The van der Waals surface area contributed by atoms with E-state index in [1.54, 1.807) is 13.8 Å². The number of amides is 1. The highest BCUT2D eigenvalue weighted by atomic mass is 32.1. The number of nitrogens with zero attached hydrogens (tertiary/aromatic N) is 2. The summed E-state index contributed by atoms with van der Waals surface area (Å²) < 4.78 is 4.97. The lowest BCUT2D eigenvalue weighted by Gasteiger charge is -1.97. The van der Waals surface area contributed by atoms with Gasteiger partial charge in [0, 0.05) is 5.56 Å². The van der Waals surface area contributed by atoms with E-state index in [1.807, 2.05) is 24.3 Å². The van der Waals surface area contributed by atoms with Crippen molar-refractivity contribution >= 4 is 39.7 Å². The maximum atomic E-state index is 12.0. The number of fused-ring (bicyclic) bond motifs is 1. The standard InChI is InChI=1S/C15H13N3O3S/c1-3-21-14(20)12-8(2)16-15(22-12)18-11-9-6-4-5-7-10(9)17-13(11)19/h4-7H,3H2,1-2H3,(H,16,17,18,19). The second-order valence-corrected chi connectivity index (χ2v) is 5.57. The van der Waals surface area contributed by atoms with Gasteiger partial charge >= 0.3 is 5.97 Å². The maximum Gasteiger partial charge on any atom is 0.350 e. The second kappa shape index (κ2) is 5.69. The predicted octanol–water partition coefficient (Wildman–Crippen LogP) is 2.70. The summed E-state index contributed by atoms with van der Waals surface area (Å²) in [6.45, 7) is 3.76. The maximum absolute atomic E-state index is 12.0. The van der Waals surface area contributed by atoms with E-state index in [-0.39, 0.29) is 5.91 Å². The molecule has 1 aromatic carbocycles. The zero-order chi connectivity index (χ0) is 15.7. The smallest absolute Gasteiger partial charge is 0.350 e. The van der Waals surface area contributed by atoms with Crippen LogP contribution in [0.15, 0.2) is 29.3 Å². The Morgan fingerprint density at radius 2 is 2.18 bits per heavy atom. The molecule has 1 N–H and O–H groups in total. The van der Waals surface area contributed by atoms with Gasteiger partial charge in [-0.05, 0) is 19.9 Å². The molecule has 0 aliphatic carbocycles. The number of ether oxygens (including phenoxy) is 1. The number of carbonyl (C=O) groups excluding carboxylic acids is 2. The first-order chi connectivity index (χ1) is 10.6. The minimum atomic E-state index is -0.416. The van der Waals surface area contributed by atoms with Crippen molar-refractivity contribution in [3.8, 4) is 0 Å². The summed E-state index contributed by atoms with van der Waals surface area (Å²) in [5, 5.41) is 3.11. The summed E-state index contributed by atoms with van der Waals surface area (Å²) in [7, 11) is 0. The fraction of sp³-hybridized carbons (Fsp3) is 0.200. The number of carbonyl (C=O) groups is 2. The molecular formula is C15H13N3O3S. The molecule has 0 saturated carbocycles. The summed E-state index contributed by atoms with van der Waals surface area (Å²) in [6, 6.07) is 7.31. The number of benzene rings is 1. The van der Waals surface area contributed by atoms with Crippen LogP contribution in [0.5, 0.6) is 0 Å². The summed E-state index contributed by atoms with van der Waals surface area (Å²) in [6.07, 6.45) is 0. The molecule has 0 unspecified atom stereocenters. The molecule has 0 spiro atoms. The van der Waals surface area contributed by atoms with Gasteiger partial charge < -0.3 is 10.1 Å². The molecule has 6 nitrogen and oxygen atoms in total. The molecule has 112 valence electrons. The van der Waals surface area contributed by atoms with Crippen LogP contribution in [0.2, 0.25) is 0 Å². The van der Waals surface area contributed by atoms with Gasteiger partial charge in [-0.2, -0.15) is 0 Å². The number of rotatable bonds is 3. The van der Waals surface area contributed by atoms with Crippen molar-refractivity contribution in [3.05, 3.63) is 40.4 Å². The first-order valence-corrected chi connectivity index (χ1v) is 7.55. The molecule has 1 amide bonds. The molecule has 2 aromatic rings. The van der Waals surface area contributed by atoms with Crippen LogP contribution in [-0.4, -0.2) is 29.2 Å². The van der Waals surface area contributed by atoms with Gasteiger partial charge in [0.25, 0.3) is 5.91 Å². The van der Waals surface area contributed by atoms with Crippen LogP contribution in [-0.2, 0) is 9.53 Å². The van der Waals surface area contributed by atoms with Crippen molar-refractivity contribution in [3.63, 3.8) is 0 Å². The van der Waals surface area contributed by atoms with E-state index >= 15 is 0 Å². The van der Waals surface area contributed by atoms with Gasteiger partial charge in [-0.3, -0.25) is 4.79 Å². The quantitative estimate of drug-likeness (QED) is 0.883. The minimum Gasteiger partial charge on any atom is -0.462 e. The third kappa shape index (κ3) is 2.50. The lowest BCUT2D eigenvalue weighted by Crippen LogP contribution is -2.13. The van der Waals surface area contributed by atoms with Crippen LogP contribution in [0.1, 0.15) is 27.9 Å². The Labute approximate surface area is 130 Å². The van der Waals surface area contributed by atoms with Crippen LogP contribution < -0.4 is 5.32 Å². The fourth-order valence-corrected chi connectivity index (χ4v) is 2.96. The van der Waals surface area contributed by atoms with Crippen LogP contribution >= 0.6 is 11.3 Å². The Morgan fingerprint density at radius 3 is 2.95 bits per heavy atom. The summed E-state index contributed by atoms with van der Waals surface area (Å²) in [4.78, 5) is 32.8. The molecule has 7 heteroatoms. The molecule has 1 aliphatic rings. The Hall–Kier alpha value is -2.54. The molecule has 2 heterocycles. The highest BCUT2D eigenvalue weighted by molar-refractivity contribution is 7.17. The number of hydrogen-bond acceptors (Lipinski definition) is 6. The Balaban J connectivity index is 1.98. The summed E-state index contributed by atoms with van der Waals surface area (Å²) in [5.74, 6) is -0.688. The van der Waals surface area contributed by atoms with Gasteiger partial charge in [0.15, 0.2) is 0 Å². The normalized spacial score (nSPS) is 14.8. The molecule has 0 atom stereocenters. The topological polar surface area (TPSA) is 80.6 Å². The van der Waals surface area contributed by atoms with Crippen LogP contribution in [0.4, 0.5) is 10.8 Å². The number of anilines is 1. The third-order valence-corrected chi connectivity index (χ3v) is 4.13. The zero-order valence-electron chi connectivity index (χ0n) is 12.0. The zero-order valence-corrected chi connectivity index (χ0v) is 12.9. The molecular weight excluding hydrogens is 302 g/mol. The van der Waals surface area contributed by atoms with Crippen molar-refractivity contribution in [2.75, 3.05) is 11.9 Å². The Kier molecular flexibility index (Phi) is 3.72. The van der Waals surface area contributed by atoms with E-state index in [0.717, 1.165) is 22.6 Å². The molecule has 0 bridgehead atoms. The van der Waals surface area contributed by atoms with Gasteiger partial charge in [-0.1, -0.05) is 29.5 Å². The summed E-state index contributed by atoms with van der Waals surface area (Å²) in [5.41, 5.74) is 2.32. The average Bonchev–Trinajstić information content (AvgIpc) is 3.01. The van der Waals surface area contributed by atoms with Gasteiger partial charge in [-0.25, -0.2) is 14.8 Å². The van der Waals surface area contributed by atoms with Crippen molar-refractivity contribution in [2.24, 2.45) is 4.99 Å². The minimum absolute atomic E-state index is 0.272. The monoisotopic (exact) mass is 315 g/mol. The van der Waals surface area contributed by atoms with E-state index < -0.39 is 5.97 Å². The highest BCUT2D eigenvalue weighted by Gasteiger charge is 2.26. The van der Waals surface area contributed by atoms with Crippen molar-refractivity contribution in [2.45, 2.75) is 13.8 Å². The fourth-order valence-electron chi connectivity index (χ4n) is 2.13.